The fourth-order valence-electron chi connectivity index (χ4n) is 2.38. The second-order valence-corrected chi connectivity index (χ2v) is 6.06. The first kappa shape index (κ1) is 19.0. The predicted molar refractivity (Wildman–Crippen MR) is 96.3 cm³/mol. The van der Waals surface area contributed by atoms with E-state index < -0.39 is 13.0 Å². The molecule has 7 nitrogen and oxygen atoms in total. The van der Waals surface area contributed by atoms with Gasteiger partial charge in [0.2, 0.25) is 11.8 Å². The number of nitrogens with zero attached hydrogens (tertiary/aromatic N) is 4. The SMILES string of the molecule is CCC(=O)Nc1nccc2nn(Cc3cnc(OCC(F)F)c(Cl)c3)cc12. The number of hydrogen-bond donors (Lipinski definition) is 1. The summed E-state index contributed by atoms with van der Waals surface area (Å²) in [7, 11) is 0. The van der Waals surface area contributed by atoms with Crippen LogP contribution in [0.3, 0.4) is 0 Å². The van der Waals surface area contributed by atoms with Crippen molar-refractivity contribution in [3.8, 4) is 5.88 Å². The standard InChI is InChI=1S/C17H16ClF2N5O2/c1-2-15(26)23-16-11-8-25(24-13(11)3-4-21-16)7-10-5-12(18)17(22-6-10)27-9-14(19)20/h3-6,8,14H,2,7,9H2,1H3,(H,21,23,26). The third kappa shape index (κ3) is 4.68. The Bertz CT molecular complexity index is 964. The largest absolute Gasteiger partial charge is 0.471 e. The molecule has 0 aliphatic rings. The highest BCUT2D eigenvalue weighted by Gasteiger charge is 2.12. The Morgan fingerprint density at radius 1 is 1.41 bits per heavy atom. The Labute approximate surface area is 158 Å². The van der Waals surface area contributed by atoms with Crippen LogP contribution in [0.2, 0.25) is 5.02 Å². The molecule has 10 heteroatoms. The van der Waals surface area contributed by atoms with Gasteiger partial charge < -0.3 is 10.1 Å². The first-order chi connectivity index (χ1) is 13.0. The van der Waals surface area contributed by atoms with Gasteiger partial charge in [0, 0.05) is 25.0 Å². The van der Waals surface area contributed by atoms with E-state index in [2.05, 4.69) is 20.4 Å². The molecule has 0 bridgehead atoms. The molecular formula is C17H16ClF2N5O2. The lowest BCUT2D eigenvalue weighted by atomic mass is 10.3. The number of anilines is 1. The number of alkyl halides is 2. The third-order valence-corrected chi connectivity index (χ3v) is 3.89. The molecule has 0 unspecified atom stereocenters. The van der Waals surface area contributed by atoms with Crippen molar-refractivity contribution in [3.05, 3.63) is 41.3 Å². The molecule has 0 fully saturated rings. The van der Waals surface area contributed by atoms with E-state index in [9.17, 15) is 13.6 Å². The normalized spacial score (nSPS) is 11.1. The van der Waals surface area contributed by atoms with Crippen molar-refractivity contribution in [2.75, 3.05) is 11.9 Å². The number of rotatable bonds is 7. The second kappa shape index (κ2) is 8.26. The molecule has 0 spiro atoms. The summed E-state index contributed by atoms with van der Waals surface area (Å²) in [4.78, 5) is 19.8. The lowest BCUT2D eigenvalue weighted by molar-refractivity contribution is -0.115. The highest BCUT2D eigenvalue weighted by molar-refractivity contribution is 6.31. The number of hydrogen-bond acceptors (Lipinski definition) is 5. The topological polar surface area (TPSA) is 81.9 Å². The second-order valence-electron chi connectivity index (χ2n) is 5.65. The van der Waals surface area contributed by atoms with Crippen LogP contribution >= 0.6 is 11.6 Å². The van der Waals surface area contributed by atoms with E-state index >= 15 is 0 Å². The van der Waals surface area contributed by atoms with Gasteiger partial charge >= 0.3 is 0 Å². The Balaban J connectivity index is 1.79. The van der Waals surface area contributed by atoms with Gasteiger partial charge in [-0.3, -0.25) is 9.48 Å². The highest BCUT2D eigenvalue weighted by atomic mass is 35.5. The minimum atomic E-state index is -2.60. The minimum absolute atomic E-state index is 0.0416. The molecule has 3 rings (SSSR count). The lowest BCUT2D eigenvalue weighted by Crippen LogP contribution is -2.10. The number of carbonyl (C=O) groups is 1. The first-order valence-corrected chi connectivity index (χ1v) is 8.51. The zero-order valence-corrected chi connectivity index (χ0v) is 15.1. The predicted octanol–water partition coefficient (Wildman–Crippen LogP) is 3.52. The molecule has 0 aromatic carbocycles. The van der Waals surface area contributed by atoms with E-state index in [-0.39, 0.29) is 16.8 Å². The van der Waals surface area contributed by atoms with E-state index in [0.29, 0.717) is 35.2 Å². The van der Waals surface area contributed by atoms with Crippen LogP contribution in [0.15, 0.2) is 30.7 Å². The molecule has 1 N–H and O–H groups in total. The van der Waals surface area contributed by atoms with Gasteiger partial charge in [0.05, 0.1) is 17.4 Å². The number of fused-ring (bicyclic) bond motifs is 1. The fraction of sp³-hybridized carbons (Fsp3) is 0.294. The average Bonchev–Trinajstić information content (AvgIpc) is 3.04. The van der Waals surface area contributed by atoms with E-state index in [1.165, 1.54) is 6.20 Å². The third-order valence-electron chi connectivity index (χ3n) is 3.62. The number of ether oxygens (including phenoxy) is 1. The van der Waals surface area contributed by atoms with Gasteiger partial charge in [0.15, 0.2) is 6.61 Å². The summed E-state index contributed by atoms with van der Waals surface area (Å²) in [6, 6.07) is 3.32. The smallest absolute Gasteiger partial charge is 0.272 e. The summed E-state index contributed by atoms with van der Waals surface area (Å²) >= 11 is 6.04. The van der Waals surface area contributed by atoms with Crippen LogP contribution in [-0.4, -0.2) is 38.7 Å². The Morgan fingerprint density at radius 2 is 2.22 bits per heavy atom. The molecule has 1 amide bonds. The van der Waals surface area contributed by atoms with Gasteiger partial charge in [0.1, 0.15) is 10.8 Å². The Kier molecular flexibility index (Phi) is 5.80. The van der Waals surface area contributed by atoms with Crippen molar-refractivity contribution in [2.45, 2.75) is 26.3 Å². The molecule has 3 aromatic heterocycles. The minimum Gasteiger partial charge on any atom is -0.471 e. The lowest BCUT2D eigenvalue weighted by Gasteiger charge is -2.08. The van der Waals surface area contributed by atoms with Gasteiger partial charge in [-0.05, 0) is 17.7 Å². The van der Waals surface area contributed by atoms with Crippen LogP contribution in [0, 0.1) is 0 Å². The van der Waals surface area contributed by atoms with Crippen molar-refractivity contribution in [1.29, 1.82) is 0 Å². The van der Waals surface area contributed by atoms with Crippen molar-refractivity contribution >= 4 is 34.2 Å². The summed E-state index contributed by atoms with van der Waals surface area (Å²) in [5.41, 5.74) is 1.39. The first-order valence-electron chi connectivity index (χ1n) is 8.13. The fourth-order valence-corrected chi connectivity index (χ4v) is 2.62. The molecule has 0 saturated carbocycles. The molecule has 0 saturated heterocycles. The van der Waals surface area contributed by atoms with Crippen LogP contribution in [-0.2, 0) is 11.3 Å². The van der Waals surface area contributed by atoms with E-state index in [4.69, 9.17) is 16.3 Å². The maximum absolute atomic E-state index is 12.2. The molecule has 27 heavy (non-hydrogen) atoms. The zero-order chi connectivity index (χ0) is 19.4. The summed E-state index contributed by atoms with van der Waals surface area (Å²) in [6.45, 7) is 1.33. The molecule has 0 aliphatic carbocycles. The zero-order valence-electron chi connectivity index (χ0n) is 14.3. The maximum atomic E-state index is 12.2. The van der Waals surface area contributed by atoms with Crippen molar-refractivity contribution in [3.63, 3.8) is 0 Å². The molecule has 3 heterocycles. The van der Waals surface area contributed by atoms with Crippen molar-refractivity contribution < 1.29 is 18.3 Å². The van der Waals surface area contributed by atoms with Crippen molar-refractivity contribution in [2.24, 2.45) is 0 Å². The molecule has 142 valence electrons. The Morgan fingerprint density at radius 3 is 2.93 bits per heavy atom. The van der Waals surface area contributed by atoms with E-state index in [0.717, 1.165) is 0 Å². The van der Waals surface area contributed by atoms with Crippen LogP contribution in [0.1, 0.15) is 18.9 Å². The summed E-state index contributed by atoms with van der Waals surface area (Å²) in [5, 5.41) is 8.02. The number of pyridine rings is 2. The van der Waals surface area contributed by atoms with Crippen LogP contribution < -0.4 is 10.1 Å². The monoisotopic (exact) mass is 395 g/mol. The molecule has 3 aromatic rings. The van der Waals surface area contributed by atoms with Crippen molar-refractivity contribution in [1.82, 2.24) is 19.7 Å². The van der Waals surface area contributed by atoms with Crippen LogP contribution in [0.5, 0.6) is 5.88 Å². The quantitative estimate of drug-likeness (QED) is 0.662. The maximum Gasteiger partial charge on any atom is 0.272 e. The number of halogens is 3. The number of aromatic nitrogens is 4. The number of nitrogens with one attached hydrogen (secondary N) is 1. The van der Waals surface area contributed by atoms with Crippen LogP contribution in [0.4, 0.5) is 14.6 Å². The van der Waals surface area contributed by atoms with Gasteiger partial charge in [-0.2, -0.15) is 5.10 Å². The van der Waals surface area contributed by atoms with Gasteiger partial charge in [-0.15, -0.1) is 0 Å². The number of carbonyl (C=O) groups excluding carboxylic acids is 1. The Hall–Kier alpha value is -2.81. The molecular weight excluding hydrogens is 380 g/mol. The average molecular weight is 396 g/mol. The van der Waals surface area contributed by atoms with Gasteiger partial charge in [-0.25, -0.2) is 18.7 Å². The highest BCUT2D eigenvalue weighted by Crippen LogP contribution is 2.24. The number of amides is 1. The van der Waals surface area contributed by atoms with Crippen LogP contribution in [0.25, 0.3) is 10.9 Å². The molecule has 0 atom stereocenters. The molecule has 0 radical (unpaired) electrons. The van der Waals surface area contributed by atoms with E-state index in [1.807, 2.05) is 0 Å². The summed E-state index contributed by atoms with van der Waals surface area (Å²) in [6.07, 6.45) is 2.55. The van der Waals surface area contributed by atoms with Gasteiger partial charge in [0.25, 0.3) is 6.43 Å². The van der Waals surface area contributed by atoms with E-state index in [1.54, 1.807) is 36.1 Å². The molecule has 0 aliphatic heterocycles. The van der Waals surface area contributed by atoms with Gasteiger partial charge in [-0.1, -0.05) is 18.5 Å². The summed E-state index contributed by atoms with van der Waals surface area (Å²) < 4.78 is 30.9. The summed E-state index contributed by atoms with van der Waals surface area (Å²) in [5.74, 6) is 0.260.